The van der Waals surface area contributed by atoms with Gasteiger partial charge in [-0.15, -0.1) is 0 Å². The molecule has 3 nitrogen and oxygen atoms in total. The highest BCUT2D eigenvalue weighted by Gasteiger charge is 2.35. The molecule has 1 heterocycles. The second kappa shape index (κ2) is 7.26. The van der Waals surface area contributed by atoms with Crippen molar-refractivity contribution in [3.8, 4) is 6.07 Å². The molecule has 19 heavy (non-hydrogen) atoms. The number of nitrogens with zero attached hydrogens (tertiary/aromatic N) is 2. The normalized spacial score (nSPS) is 34.1. The summed E-state index contributed by atoms with van der Waals surface area (Å²) in [6.07, 6.45) is 7.58. The quantitative estimate of drug-likeness (QED) is 0.782. The molecule has 1 saturated carbocycles. The van der Waals surface area contributed by atoms with Gasteiger partial charge in [0.2, 0.25) is 0 Å². The van der Waals surface area contributed by atoms with Crippen LogP contribution in [0.15, 0.2) is 0 Å². The average Bonchev–Trinajstić information content (AvgIpc) is 2.47. The lowest BCUT2D eigenvalue weighted by Crippen LogP contribution is -2.48. The van der Waals surface area contributed by atoms with Crippen molar-refractivity contribution >= 4 is 0 Å². The zero-order valence-corrected chi connectivity index (χ0v) is 12.5. The highest BCUT2D eigenvalue weighted by molar-refractivity contribution is 4.98. The first-order chi connectivity index (χ1) is 9.28. The van der Waals surface area contributed by atoms with Crippen molar-refractivity contribution in [2.45, 2.75) is 64.5 Å². The van der Waals surface area contributed by atoms with Gasteiger partial charge in [-0.05, 0) is 44.9 Å². The maximum atomic E-state index is 9.39. The first kappa shape index (κ1) is 14.8. The van der Waals surface area contributed by atoms with E-state index in [4.69, 9.17) is 4.74 Å². The van der Waals surface area contributed by atoms with E-state index in [9.17, 15) is 5.26 Å². The third-order valence-corrected chi connectivity index (χ3v) is 5.02. The van der Waals surface area contributed by atoms with Crippen molar-refractivity contribution in [1.29, 1.82) is 5.26 Å². The molecule has 0 bridgehead atoms. The molecule has 0 spiro atoms. The number of hydrogen-bond donors (Lipinski definition) is 0. The molecule has 2 rings (SSSR count). The number of likely N-dealkylation sites (tertiary alicyclic amines) is 1. The lowest BCUT2D eigenvalue weighted by Gasteiger charge is -2.43. The summed E-state index contributed by atoms with van der Waals surface area (Å²) in [6, 6.07) is 3.07. The molecular weight excluding hydrogens is 236 g/mol. The van der Waals surface area contributed by atoms with Gasteiger partial charge in [-0.1, -0.05) is 13.3 Å². The average molecular weight is 264 g/mol. The Morgan fingerprint density at radius 1 is 1.16 bits per heavy atom. The summed E-state index contributed by atoms with van der Waals surface area (Å²) in [5, 5.41) is 9.39. The van der Waals surface area contributed by atoms with E-state index in [-0.39, 0.29) is 5.92 Å². The number of hydrogen-bond acceptors (Lipinski definition) is 3. The van der Waals surface area contributed by atoms with Crippen LogP contribution in [-0.2, 0) is 4.74 Å². The van der Waals surface area contributed by atoms with E-state index in [0.29, 0.717) is 12.1 Å². The predicted molar refractivity (Wildman–Crippen MR) is 76.7 cm³/mol. The fraction of sp³-hybridized carbons (Fsp3) is 0.938. The molecule has 108 valence electrons. The first-order valence-electron chi connectivity index (χ1n) is 8.03. The fourth-order valence-corrected chi connectivity index (χ4v) is 3.77. The van der Waals surface area contributed by atoms with E-state index in [1.165, 1.54) is 19.3 Å². The lowest BCUT2D eigenvalue weighted by atomic mass is 9.76. The van der Waals surface area contributed by atoms with E-state index >= 15 is 0 Å². The molecule has 0 aromatic carbocycles. The predicted octanol–water partition coefficient (Wildman–Crippen LogP) is 3.21. The standard InChI is InChI=1S/C16H28N2O/c1-3-13-5-6-14(12-17)16(11-13)18-9-7-15(8-10-18)19-4-2/h13-16H,3-11H2,1-2H3. The molecule has 2 aliphatic rings. The van der Waals surface area contributed by atoms with Gasteiger partial charge in [0, 0.05) is 25.7 Å². The molecule has 0 radical (unpaired) electrons. The minimum atomic E-state index is 0.256. The van der Waals surface area contributed by atoms with E-state index in [1.807, 2.05) is 0 Å². The minimum Gasteiger partial charge on any atom is -0.378 e. The maximum Gasteiger partial charge on any atom is 0.0672 e. The SMILES string of the molecule is CCOC1CCN(C2CC(CC)CCC2C#N)CC1. The van der Waals surface area contributed by atoms with Crippen LogP contribution >= 0.6 is 0 Å². The molecule has 2 fully saturated rings. The largest absolute Gasteiger partial charge is 0.378 e. The zero-order valence-electron chi connectivity index (χ0n) is 12.5. The lowest BCUT2D eigenvalue weighted by molar-refractivity contribution is -0.00968. The second-order valence-electron chi connectivity index (χ2n) is 6.08. The Morgan fingerprint density at radius 3 is 2.47 bits per heavy atom. The van der Waals surface area contributed by atoms with E-state index in [2.05, 4.69) is 24.8 Å². The first-order valence-corrected chi connectivity index (χ1v) is 8.03. The monoisotopic (exact) mass is 264 g/mol. The van der Waals surface area contributed by atoms with Crippen molar-refractivity contribution in [2.24, 2.45) is 11.8 Å². The molecule has 1 aliphatic heterocycles. The second-order valence-corrected chi connectivity index (χ2v) is 6.08. The van der Waals surface area contributed by atoms with Gasteiger partial charge in [0.25, 0.3) is 0 Å². The van der Waals surface area contributed by atoms with Crippen LogP contribution in [0, 0.1) is 23.2 Å². The molecule has 3 heteroatoms. The smallest absolute Gasteiger partial charge is 0.0672 e. The van der Waals surface area contributed by atoms with Gasteiger partial charge in [-0.2, -0.15) is 5.26 Å². The van der Waals surface area contributed by atoms with Gasteiger partial charge in [0.05, 0.1) is 18.1 Å². The summed E-state index contributed by atoms with van der Waals surface area (Å²) < 4.78 is 5.72. The topological polar surface area (TPSA) is 36.3 Å². The van der Waals surface area contributed by atoms with Gasteiger partial charge >= 0.3 is 0 Å². The Kier molecular flexibility index (Phi) is 5.66. The van der Waals surface area contributed by atoms with Crippen LogP contribution in [0.1, 0.15) is 52.4 Å². The van der Waals surface area contributed by atoms with Gasteiger partial charge in [0.15, 0.2) is 0 Å². The summed E-state index contributed by atoms with van der Waals surface area (Å²) in [7, 11) is 0. The Labute approximate surface area is 117 Å². The minimum absolute atomic E-state index is 0.256. The van der Waals surface area contributed by atoms with Crippen LogP contribution in [0.25, 0.3) is 0 Å². The van der Waals surface area contributed by atoms with E-state index in [0.717, 1.165) is 44.9 Å². The Balaban J connectivity index is 1.90. The van der Waals surface area contributed by atoms with Crippen LogP contribution in [0.4, 0.5) is 0 Å². The van der Waals surface area contributed by atoms with Crippen molar-refractivity contribution in [3.63, 3.8) is 0 Å². The molecule has 3 atom stereocenters. The fourth-order valence-electron chi connectivity index (χ4n) is 3.77. The van der Waals surface area contributed by atoms with Crippen LogP contribution in [0.5, 0.6) is 0 Å². The summed E-state index contributed by atoms with van der Waals surface area (Å²) in [5.41, 5.74) is 0. The maximum absolute atomic E-state index is 9.39. The number of piperidine rings is 1. The highest BCUT2D eigenvalue weighted by atomic mass is 16.5. The van der Waals surface area contributed by atoms with Gasteiger partial charge in [0.1, 0.15) is 0 Å². The molecule has 1 aliphatic carbocycles. The van der Waals surface area contributed by atoms with Crippen LogP contribution in [0.3, 0.4) is 0 Å². The van der Waals surface area contributed by atoms with Crippen molar-refractivity contribution < 1.29 is 4.74 Å². The third kappa shape index (κ3) is 3.70. The van der Waals surface area contributed by atoms with E-state index in [1.54, 1.807) is 0 Å². The highest BCUT2D eigenvalue weighted by Crippen LogP contribution is 2.35. The summed E-state index contributed by atoms with van der Waals surface area (Å²) in [5.74, 6) is 1.09. The number of nitriles is 1. The van der Waals surface area contributed by atoms with E-state index < -0.39 is 0 Å². The molecule has 1 saturated heterocycles. The Hall–Kier alpha value is -0.590. The molecule has 0 aromatic rings. The molecule has 0 N–H and O–H groups in total. The summed E-state index contributed by atoms with van der Waals surface area (Å²) in [4.78, 5) is 2.57. The van der Waals surface area contributed by atoms with Crippen molar-refractivity contribution in [1.82, 2.24) is 4.90 Å². The van der Waals surface area contributed by atoms with Crippen molar-refractivity contribution in [2.75, 3.05) is 19.7 Å². The van der Waals surface area contributed by atoms with Crippen LogP contribution in [0.2, 0.25) is 0 Å². The number of ether oxygens (including phenoxy) is 1. The Morgan fingerprint density at radius 2 is 1.89 bits per heavy atom. The molecule has 0 aromatic heterocycles. The van der Waals surface area contributed by atoms with Gasteiger partial charge in [-0.3, -0.25) is 4.90 Å². The van der Waals surface area contributed by atoms with Gasteiger partial charge < -0.3 is 4.74 Å². The molecule has 3 unspecified atom stereocenters. The Bertz CT molecular complexity index is 304. The van der Waals surface area contributed by atoms with Crippen LogP contribution in [-0.4, -0.2) is 36.7 Å². The summed E-state index contributed by atoms with van der Waals surface area (Å²) >= 11 is 0. The molecular formula is C16H28N2O. The molecule has 0 amide bonds. The van der Waals surface area contributed by atoms with Crippen molar-refractivity contribution in [3.05, 3.63) is 0 Å². The van der Waals surface area contributed by atoms with Crippen LogP contribution < -0.4 is 0 Å². The third-order valence-electron chi connectivity index (χ3n) is 5.02. The zero-order chi connectivity index (χ0) is 13.7. The number of rotatable bonds is 4. The summed E-state index contributed by atoms with van der Waals surface area (Å²) in [6.45, 7) is 7.42. The van der Waals surface area contributed by atoms with Gasteiger partial charge in [-0.25, -0.2) is 0 Å².